The van der Waals surface area contributed by atoms with Gasteiger partial charge in [0.15, 0.2) is 6.10 Å². The quantitative estimate of drug-likeness (QED) is 0.0435. The molecule has 1 saturated heterocycles. The van der Waals surface area contributed by atoms with Gasteiger partial charge < -0.3 is 92.1 Å². The third-order valence-electron chi connectivity index (χ3n) is 11.2. The van der Waals surface area contributed by atoms with Crippen molar-refractivity contribution in [1.29, 1.82) is 0 Å². The Morgan fingerprint density at radius 2 is 1.03 bits per heavy atom. The van der Waals surface area contributed by atoms with Gasteiger partial charge in [-0.3, -0.25) is 19.3 Å². The average Bonchev–Trinajstić information content (AvgIpc) is 3.76. The van der Waals surface area contributed by atoms with E-state index < -0.39 is 60.4 Å². The molecule has 2 aliphatic rings. The number of benzene rings is 2. The molecule has 2 aromatic carbocycles. The number of hydrogen-bond acceptors (Lipinski definition) is 21. The van der Waals surface area contributed by atoms with Crippen LogP contribution in [0.4, 0.5) is 0 Å². The number of aliphatic carboxylic acids is 1. The predicted molar refractivity (Wildman–Crippen MR) is 268 cm³/mol. The summed E-state index contributed by atoms with van der Waals surface area (Å²) in [6.07, 6.45) is -4.57. The Bertz CT molecular complexity index is 1910. The Morgan fingerprint density at radius 1 is 0.566 bits per heavy atom. The van der Waals surface area contributed by atoms with E-state index in [1.54, 1.807) is 49.6 Å². The fourth-order valence-electron chi connectivity index (χ4n) is 7.25. The molecule has 24 heteroatoms. The number of methoxy groups -OCH3 is 1. The molecule has 0 unspecified atom stereocenters. The lowest BCUT2D eigenvalue weighted by molar-refractivity contribution is -0.271. The molecule has 6 atom stereocenters. The van der Waals surface area contributed by atoms with Crippen molar-refractivity contribution < 1.29 is 106 Å². The van der Waals surface area contributed by atoms with Crippen molar-refractivity contribution in [2.75, 3.05) is 159 Å². The molecule has 1 fully saturated rings. The zero-order valence-corrected chi connectivity index (χ0v) is 43.4. The van der Waals surface area contributed by atoms with Crippen LogP contribution in [0.25, 0.3) is 0 Å². The summed E-state index contributed by atoms with van der Waals surface area (Å²) < 4.78 is 76.4. The standard InChI is InChI=1S/C52H78N2O22/c1-63-15-16-64-17-18-65-19-20-66-21-22-67-23-24-68-25-26-69-27-28-70-29-30-71-31-32-72-33-34-73-35-36-74-41-10-8-40(9-11-41)38-43(54-44(55)12-13-45(54)56)50(60)53-14-3-2-5-39-6-4-7-42(37-39)75-52-48(59)46(57)47(58)49(76-52)51(61)62/h4,6-13,37,43,46-49,52,57-59H,2-3,5,14-36,38H2,1H3,(H,53,60)(H,61,62)/t43-,46-,47-,48+,49-,52+/m0/s1. The maximum atomic E-state index is 13.5. The minimum atomic E-state index is -1.84. The molecule has 2 heterocycles. The van der Waals surface area contributed by atoms with E-state index in [0.717, 1.165) is 22.6 Å². The molecular formula is C52H78N2O22. The lowest BCUT2D eigenvalue weighted by Crippen LogP contribution is -2.61. The first kappa shape index (κ1) is 63.8. The molecule has 3 amide bonds. The molecule has 0 aliphatic carbocycles. The summed E-state index contributed by atoms with van der Waals surface area (Å²) in [5.41, 5.74) is 1.53. The maximum Gasteiger partial charge on any atom is 0.335 e. The second-order valence-corrected chi connectivity index (χ2v) is 17.0. The van der Waals surface area contributed by atoms with E-state index in [4.69, 9.17) is 66.3 Å². The monoisotopic (exact) mass is 1080 g/mol. The molecule has 0 radical (unpaired) electrons. The summed E-state index contributed by atoms with van der Waals surface area (Å²) in [6, 6.07) is 12.7. The van der Waals surface area contributed by atoms with Crippen LogP contribution in [0.3, 0.4) is 0 Å². The first-order valence-electron chi connectivity index (χ1n) is 25.6. The number of imide groups is 1. The number of nitrogens with zero attached hydrogens (tertiary/aromatic N) is 1. The molecule has 428 valence electrons. The summed E-state index contributed by atoms with van der Waals surface area (Å²) in [4.78, 5) is 51.2. The van der Waals surface area contributed by atoms with Crippen molar-refractivity contribution in [2.45, 2.75) is 62.4 Å². The molecule has 0 saturated carbocycles. The van der Waals surface area contributed by atoms with Gasteiger partial charge in [-0.1, -0.05) is 24.3 Å². The van der Waals surface area contributed by atoms with Crippen LogP contribution in [0, 0.1) is 0 Å². The zero-order valence-electron chi connectivity index (χ0n) is 43.4. The molecule has 2 aliphatic heterocycles. The van der Waals surface area contributed by atoms with Gasteiger partial charge in [0.25, 0.3) is 11.8 Å². The fraction of sp³-hybridized carbons (Fsp3) is 0.654. The highest BCUT2D eigenvalue weighted by Crippen LogP contribution is 2.26. The van der Waals surface area contributed by atoms with E-state index in [-0.39, 0.29) is 25.3 Å². The van der Waals surface area contributed by atoms with Crippen molar-refractivity contribution in [3.63, 3.8) is 0 Å². The molecule has 4 rings (SSSR count). The summed E-state index contributed by atoms with van der Waals surface area (Å²) in [6.45, 7) is 10.4. The summed E-state index contributed by atoms with van der Waals surface area (Å²) in [5, 5.41) is 42.5. The van der Waals surface area contributed by atoms with Gasteiger partial charge >= 0.3 is 5.97 Å². The number of aryl methyl sites for hydroxylation is 1. The van der Waals surface area contributed by atoms with Gasteiger partial charge in [-0.15, -0.1) is 0 Å². The Hall–Kier alpha value is -4.74. The van der Waals surface area contributed by atoms with E-state index in [2.05, 4.69) is 5.32 Å². The highest BCUT2D eigenvalue weighted by molar-refractivity contribution is 6.15. The summed E-state index contributed by atoms with van der Waals surface area (Å²) in [7, 11) is 1.63. The van der Waals surface area contributed by atoms with Crippen LogP contribution < -0.4 is 14.8 Å². The SMILES string of the molecule is COCCOCCOCCOCCOCCOCCOCCOCCOCCOCCOCCOc1ccc(C[C@@H](C(=O)NCCCCc2cccc(O[C@@H]3O[C@H](C(=O)O)[C@@H](O)[C@H](O)[C@H]3O)c2)N2C(=O)C=CC2=O)cc1. The Morgan fingerprint density at radius 3 is 1.49 bits per heavy atom. The number of amides is 3. The summed E-state index contributed by atoms with van der Waals surface area (Å²) >= 11 is 0. The number of carboxylic acids is 1. The number of aliphatic hydroxyl groups excluding tert-OH is 3. The maximum absolute atomic E-state index is 13.5. The smallest absolute Gasteiger partial charge is 0.335 e. The van der Waals surface area contributed by atoms with E-state index in [0.29, 0.717) is 169 Å². The number of ether oxygens (including phenoxy) is 14. The number of hydrogen-bond donors (Lipinski definition) is 5. The second-order valence-electron chi connectivity index (χ2n) is 17.0. The summed E-state index contributed by atoms with van der Waals surface area (Å²) in [5.74, 6) is -2.33. The van der Waals surface area contributed by atoms with Gasteiger partial charge in [0.2, 0.25) is 12.2 Å². The molecule has 2 aromatic rings. The lowest BCUT2D eigenvalue weighted by Gasteiger charge is -2.38. The molecule has 76 heavy (non-hydrogen) atoms. The van der Waals surface area contributed by atoms with Gasteiger partial charge in [0.05, 0.1) is 139 Å². The Balaban J connectivity index is 0.951. The van der Waals surface area contributed by atoms with Gasteiger partial charge in [-0.2, -0.15) is 0 Å². The minimum Gasteiger partial charge on any atom is -0.491 e. The number of rotatable bonds is 46. The van der Waals surface area contributed by atoms with Gasteiger partial charge in [0, 0.05) is 32.2 Å². The van der Waals surface area contributed by atoms with Crippen LogP contribution in [0.5, 0.6) is 11.5 Å². The van der Waals surface area contributed by atoms with Crippen LogP contribution in [-0.4, -0.2) is 245 Å². The average molecular weight is 1080 g/mol. The van der Waals surface area contributed by atoms with E-state index in [9.17, 15) is 39.6 Å². The number of carboxylic acid groups (broad SMARTS) is 1. The molecule has 0 aromatic heterocycles. The molecule has 0 bridgehead atoms. The van der Waals surface area contributed by atoms with Crippen molar-refractivity contribution in [1.82, 2.24) is 10.2 Å². The van der Waals surface area contributed by atoms with E-state index in [1.807, 2.05) is 6.07 Å². The van der Waals surface area contributed by atoms with Crippen molar-refractivity contribution >= 4 is 23.7 Å². The number of nitrogens with one attached hydrogen (secondary N) is 1. The fourth-order valence-corrected chi connectivity index (χ4v) is 7.25. The molecular weight excluding hydrogens is 1000 g/mol. The largest absolute Gasteiger partial charge is 0.491 e. The third kappa shape index (κ3) is 26.1. The Labute approximate surface area is 443 Å². The van der Waals surface area contributed by atoms with Crippen molar-refractivity contribution in [3.05, 3.63) is 71.8 Å². The van der Waals surface area contributed by atoms with Crippen molar-refractivity contribution in [2.24, 2.45) is 0 Å². The van der Waals surface area contributed by atoms with Crippen LogP contribution in [0.15, 0.2) is 60.7 Å². The van der Waals surface area contributed by atoms with Crippen LogP contribution in [0.1, 0.15) is 24.0 Å². The van der Waals surface area contributed by atoms with Crippen molar-refractivity contribution in [3.8, 4) is 11.5 Å². The van der Waals surface area contributed by atoms with Crippen LogP contribution in [0.2, 0.25) is 0 Å². The highest BCUT2D eigenvalue weighted by Gasteiger charge is 2.48. The molecule has 5 N–H and O–H groups in total. The van der Waals surface area contributed by atoms with Crippen LogP contribution in [-0.2, 0) is 88.9 Å². The van der Waals surface area contributed by atoms with Gasteiger partial charge in [-0.25, -0.2) is 4.79 Å². The van der Waals surface area contributed by atoms with Crippen LogP contribution >= 0.6 is 0 Å². The van der Waals surface area contributed by atoms with E-state index in [1.165, 1.54) is 0 Å². The first-order valence-corrected chi connectivity index (χ1v) is 25.6. The predicted octanol–water partition coefficient (Wildman–Crippen LogP) is 0.124. The zero-order chi connectivity index (χ0) is 54.4. The lowest BCUT2D eigenvalue weighted by atomic mass is 9.99. The second kappa shape index (κ2) is 39.6. The van der Waals surface area contributed by atoms with E-state index >= 15 is 0 Å². The van der Waals surface area contributed by atoms with Gasteiger partial charge in [0.1, 0.15) is 42.5 Å². The number of carbonyl (C=O) groups excluding carboxylic acids is 3. The number of unbranched alkanes of at least 4 members (excludes halogenated alkanes) is 1. The first-order chi connectivity index (χ1) is 37.1. The van der Waals surface area contributed by atoms with Gasteiger partial charge in [-0.05, 0) is 54.7 Å². The highest BCUT2D eigenvalue weighted by atomic mass is 16.7. The normalized spacial score (nSPS) is 18.8. The minimum absolute atomic E-state index is 0.0818. The number of aliphatic hydroxyl groups is 3. The molecule has 0 spiro atoms. The molecule has 24 nitrogen and oxygen atoms in total. The Kier molecular flexibility index (Phi) is 33.2. The topological polar surface area (TPSA) is 294 Å². The third-order valence-corrected chi connectivity index (χ3v) is 11.2. The number of carbonyl (C=O) groups is 4.